The smallest absolute Gasteiger partial charge is 0.133 e. The summed E-state index contributed by atoms with van der Waals surface area (Å²) in [5.74, 6) is -0.223. The van der Waals surface area contributed by atoms with Crippen molar-refractivity contribution < 1.29 is 0 Å². The number of nitriles is 2. The number of para-hydroxylation sites is 2. The fourth-order valence-electron chi connectivity index (χ4n) is 30.9. The van der Waals surface area contributed by atoms with Gasteiger partial charge in [-0.1, -0.05) is 68.4 Å². The Bertz CT molecular complexity index is 8690. The number of benzene rings is 22. The predicted octanol–water partition coefficient (Wildman–Crippen LogP) is 25.0. The molecule has 0 saturated heterocycles. The van der Waals surface area contributed by atoms with E-state index in [0.717, 1.165) is 41.0 Å². The Labute approximate surface area is 539 Å². The Balaban J connectivity index is 0.780. The van der Waals surface area contributed by atoms with E-state index in [1.807, 2.05) is 0 Å². The maximum absolute atomic E-state index is 12.3. The molecule has 6 aliphatic rings. The third kappa shape index (κ3) is 2.62. The fraction of sp³-hybridized carbons (Fsp3) is 0.0851. The van der Waals surface area contributed by atoms with Crippen LogP contribution in [0.5, 0.6) is 0 Å². The molecule has 1 fully saturated rings. The minimum Gasteiger partial charge on any atom is -0.310 e. The average molecular weight is 1200 g/mol. The van der Waals surface area contributed by atoms with Gasteiger partial charge in [-0.25, -0.2) is 0 Å². The molecule has 97 heavy (non-hydrogen) atoms. The van der Waals surface area contributed by atoms with Crippen LogP contribution < -0.4 is 4.90 Å². The quantitative estimate of drug-likeness (QED) is 0.118. The summed E-state index contributed by atoms with van der Waals surface area (Å²) in [5, 5.41) is 110. The van der Waals surface area contributed by atoms with E-state index in [0.29, 0.717) is 5.57 Å². The monoisotopic (exact) mass is 1200 g/mol. The first-order chi connectivity index (χ1) is 48.1. The lowest BCUT2D eigenvalue weighted by atomic mass is 9.68. The number of nitrogens with zero attached hydrogens (tertiary/aromatic N) is 3. The third-order valence-corrected chi connectivity index (χ3v) is 32.2. The topological polar surface area (TPSA) is 50.8 Å². The summed E-state index contributed by atoms with van der Waals surface area (Å²) in [6.07, 6.45) is 1.82. The van der Waals surface area contributed by atoms with Gasteiger partial charge < -0.3 is 4.90 Å². The molecule has 1 saturated carbocycles. The highest BCUT2D eigenvalue weighted by Crippen LogP contribution is 2.94. The van der Waals surface area contributed by atoms with Crippen molar-refractivity contribution in [2.75, 3.05) is 4.90 Å². The standard InChI is InChI=1S/C94H27N3/c1-3-92(4-2)30-19-23(15-17-28(30)29-18-16-27(20-31(29)92)97(25-11-7-5-8-12-25)26-13-9-6-10-14-26)32(24(21-95)22-96)91-93-87-79-71-61-51-43-35-33-34-37-41-39(35)47-55-49(41)59-53-45(37)46-38(34)42-40-36(33)44(43)52-58-48(40)56-50(42)60-54(46)64-63(53)73-67(59)77-69(55)75(65(71)57(47)51)83(87)85(77)89-81(73)82-74(64)68(60)78-70(56)76-66(58)72(62(52)61)80(79)88(93)84(76)86(78)90(82)94(89,91)93/h5-20,91H,3-4H2,1-2H3. The van der Waals surface area contributed by atoms with Crippen LogP contribution in [0.2, 0.25) is 0 Å². The number of hydrogen-bond acceptors (Lipinski definition) is 3. The van der Waals surface area contributed by atoms with Gasteiger partial charge in [-0.2, -0.15) is 10.5 Å². The van der Waals surface area contributed by atoms with Crippen molar-refractivity contribution in [3.63, 3.8) is 0 Å². The third-order valence-electron chi connectivity index (χ3n) is 32.2. The van der Waals surface area contributed by atoms with Crippen molar-refractivity contribution in [3.05, 3.63) is 142 Å². The molecule has 3 heteroatoms. The van der Waals surface area contributed by atoms with Crippen LogP contribution in [0.4, 0.5) is 17.1 Å². The molecular weight excluding hydrogens is 1170 g/mol. The Morgan fingerprint density at radius 2 is 0.546 bits per heavy atom. The van der Waals surface area contributed by atoms with Crippen molar-refractivity contribution in [2.45, 2.75) is 42.9 Å². The largest absolute Gasteiger partial charge is 0.310 e. The zero-order chi connectivity index (χ0) is 60.1. The van der Waals surface area contributed by atoms with Gasteiger partial charge in [0.15, 0.2) is 0 Å². The molecular formula is C94H27N3. The van der Waals surface area contributed by atoms with E-state index in [1.54, 1.807) is 313 Å². The van der Waals surface area contributed by atoms with E-state index in [9.17, 15) is 10.5 Å². The lowest BCUT2D eigenvalue weighted by molar-refractivity contribution is 0.490. The van der Waals surface area contributed by atoms with Crippen LogP contribution in [-0.4, -0.2) is 0 Å². The number of anilines is 3. The Kier molecular flexibility index (Phi) is 4.36. The highest BCUT2D eigenvalue weighted by atomic mass is 15.1. The summed E-state index contributed by atoms with van der Waals surface area (Å²) in [4.78, 5) is 2.41. The fourth-order valence-corrected chi connectivity index (χ4v) is 30.9. The average Bonchev–Trinajstić information content (AvgIpc) is 1.36. The summed E-state index contributed by atoms with van der Waals surface area (Å²) in [5.41, 5.74) is 15.8. The molecule has 0 amide bonds. The van der Waals surface area contributed by atoms with Crippen LogP contribution in [0.15, 0.2) is 103 Å². The summed E-state index contributed by atoms with van der Waals surface area (Å²) >= 11 is 0. The first kappa shape index (κ1) is 40.9. The number of hydrogen-bond donors (Lipinski definition) is 0. The van der Waals surface area contributed by atoms with Crippen LogP contribution in [0.3, 0.4) is 0 Å². The van der Waals surface area contributed by atoms with Gasteiger partial charge in [0.25, 0.3) is 0 Å². The van der Waals surface area contributed by atoms with Crippen molar-refractivity contribution >= 4 is 313 Å². The molecule has 0 radical (unpaired) electrons. The molecule has 6 aliphatic carbocycles. The number of allylic oxidation sites excluding steroid dienone is 2. The Morgan fingerprint density at radius 1 is 0.299 bits per heavy atom. The molecule has 3 nitrogen and oxygen atoms in total. The summed E-state index contributed by atoms with van der Waals surface area (Å²) in [6.45, 7) is 4.80. The van der Waals surface area contributed by atoms with Crippen LogP contribution >= 0.6 is 0 Å². The van der Waals surface area contributed by atoms with Crippen molar-refractivity contribution in [1.82, 2.24) is 0 Å². The zero-order valence-corrected chi connectivity index (χ0v) is 51.1. The van der Waals surface area contributed by atoms with E-state index in [2.05, 4.69) is 128 Å². The van der Waals surface area contributed by atoms with Crippen molar-refractivity contribution in [2.24, 2.45) is 5.92 Å². The van der Waals surface area contributed by atoms with Gasteiger partial charge in [0.2, 0.25) is 0 Å². The SMILES string of the molecule is CCC1(CC)c2cc(C(=C(C#N)C#N)C3C45c6c7c8c9c%10c%11c(c%12c%13c4c4c6c6c%14c7c7c8c8c%10c%10c%15c%11c%11c%12c%12c%13c%13c4c4c6c6c%14c%14c7c7c8c%10c8c%10c%15c%11c%11c%12c%12c%13c4c4c6c6c%14c7c8c7c%10c%11c%12c4c67)C935)ccc2-c2ccc(N(c3ccccc3)c3ccccc3)cc21. The van der Waals surface area contributed by atoms with Gasteiger partial charge in [0.05, 0.1) is 0 Å². The number of fused-ring (bicyclic) bond motifs is 3. The van der Waals surface area contributed by atoms with E-state index in [-0.39, 0.29) is 11.3 Å². The van der Waals surface area contributed by atoms with Crippen LogP contribution in [0.25, 0.3) is 308 Å². The normalized spacial score (nSPS) is 20.6. The molecule has 0 aromatic heterocycles. The second kappa shape index (κ2) is 10.3. The number of rotatable bonds is 7. The summed E-state index contributed by atoms with van der Waals surface area (Å²) in [6, 6.07) is 42.0. The molecule has 32 aromatic rings. The highest BCUT2D eigenvalue weighted by molar-refractivity contribution is 6.82. The predicted molar refractivity (Wildman–Crippen MR) is 403 cm³/mol. The Hall–Kier alpha value is -12.1. The molecule has 0 aliphatic heterocycles. The molecule has 2 spiro atoms. The second-order valence-electron chi connectivity index (χ2n) is 33.1. The molecule has 0 atom stereocenters. The van der Waals surface area contributed by atoms with E-state index in [4.69, 9.17) is 0 Å². The summed E-state index contributed by atoms with van der Waals surface area (Å²) in [7, 11) is 0. The van der Waals surface area contributed by atoms with Crippen LogP contribution in [0.1, 0.15) is 65.6 Å². The van der Waals surface area contributed by atoms with E-state index < -0.39 is 10.8 Å². The van der Waals surface area contributed by atoms with E-state index >= 15 is 0 Å². The van der Waals surface area contributed by atoms with Gasteiger partial charge in [0.1, 0.15) is 17.7 Å². The lowest BCUT2D eigenvalue weighted by Gasteiger charge is -2.32. The molecule has 0 bridgehead atoms. The molecule has 0 heterocycles. The molecule has 0 N–H and O–H groups in total. The van der Waals surface area contributed by atoms with Gasteiger partial charge in [-0.05, 0) is 402 Å². The van der Waals surface area contributed by atoms with Gasteiger partial charge in [-0.15, -0.1) is 0 Å². The summed E-state index contributed by atoms with van der Waals surface area (Å²) < 4.78 is 0. The highest BCUT2D eigenvalue weighted by Gasteiger charge is 2.87. The van der Waals surface area contributed by atoms with Crippen LogP contribution in [0, 0.1) is 28.6 Å². The lowest BCUT2D eigenvalue weighted by Crippen LogP contribution is -2.27. The molecule has 418 valence electrons. The second-order valence-corrected chi connectivity index (χ2v) is 33.1. The molecule has 32 aromatic carbocycles. The van der Waals surface area contributed by atoms with Gasteiger partial charge in [0, 0.05) is 39.2 Å². The Morgan fingerprint density at radius 3 is 0.804 bits per heavy atom. The molecule has 0 unspecified atom stereocenters. The van der Waals surface area contributed by atoms with Gasteiger partial charge in [-0.3, -0.25) is 0 Å². The maximum Gasteiger partial charge on any atom is 0.133 e. The minimum atomic E-state index is -0.589. The zero-order valence-electron chi connectivity index (χ0n) is 51.1. The molecule has 38 rings (SSSR count). The van der Waals surface area contributed by atoms with E-state index in [1.165, 1.54) is 22.3 Å². The minimum absolute atomic E-state index is 0.223. The van der Waals surface area contributed by atoms with Crippen LogP contribution in [-0.2, 0) is 16.2 Å². The van der Waals surface area contributed by atoms with Crippen molar-refractivity contribution in [3.8, 4) is 23.3 Å². The van der Waals surface area contributed by atoms with Crippen molar-refractivity contribution in [1.29, 1.82) is 10.5 Å². The maximum atomic E-state index is 12.3. The van der Waals surface area contributed by atoms with Gasteiger partial charge >= 0.3 is 0 Å². The first-order valence-electron chi connectivity index (χ1n) is 35.7. The first-order valence-corrected chi connectivity index (χ1v) is 35.7.